The maximum absolute atomic E-state index is 13.1. The normalized spacial score (nSPS) is 11.2. The van der Waals surface area contributed by atoms with E-state index in [0.29, 0.717) is 121 Å². The minimum absolute atomic E-state index is 0.123. The number of carbonyl (C=O) groups is 3. The number of ether oxygens (including phenoxy) is 3. The number of pyridine rings is 3. The summed E-state index contributed by atoms with van der Waals surface area (Å²) >= 11 is 6.25. The Bertz CT molecular complexity index is 5830. The number of halogens is 2. The highest BCUT2D eigenvalue weighted by atomic mass is 35.5. The number of rotatable bonds is 18. The van der Waals surface area contributed by atoms with Crippen molar-refractivity contribution in [1.82, 2.24) is 44.3 Å². The second-order valence-electron chi connectivity index (χ2n) is 24.4. The van der Waals surface area contributed by atoms with Crippen LogP contribution in [0, 0.1) is 40.4 Å². The number of benzene rings is 7. The summed E-state index contributed by atoms with van der Waals surface area (Å²) in [6.45, 7) is 10.5. The summed E-state index contributed by atoms with van der Waals surface area (Å²) in [6.07, 6.45) is 4.58. The van der Waals surface area contributed by atoms with Gasteiger partial charge in [-0.2, -0.15) is 15.3 Å². The van der Waals surface area contributed by atoms with Gasteiger partial charge in [0.05, 0.1) is 88.4 Å². The number of nitrogens with zero attached hydrogens (tertiary/aromatic N) is 9. The zero-order valence-corrected chi connectivity index (χ0v) is 57.0. The van der Waals surface area contributed by atoms with E-state index in [4.69, 9.17) is 44.0 Å². The Labute approximate surface area is 596 Å². The quantitative estimate of drug-likeness (QED) is 0.0720. The molecule has 0 radical (unpaired) electrons. The summed E-state index contributed by atoms with van der Waals surface area (Å²) in [7, 11) is 0. The maximum Gasteiger partial charge on any atom is 0.336 e. The molecule has 0 unspecified atom stereocenters. The van der Waals surface area contributed by atoms with Crippen LogP contribution in [-0.4, -0.2) is 77.5 Å². The minimum Gasteiger partial charge on any atom is -0.478 e. The van der Waals surface area contributed by atoms with Crippen LogP contribution in [0.15, 0.2) is 238 Å². The van der Waals surface area contributed by atoms with Gasteiger partial charge >= 0.3 is 17.9 Å². The third kappa shape index (κ3) is 14.5. The topological polar surface area (TPSA) is 271 Å². The van der Waals surface area contributed by atoms with Crippen LogP contribution in [-0.2, 0) is 19.6 Å². The molecule has 0 amide bonds. The highest BCUT2D eigenvalue weighted by molar-refractivity contribution is 6.32. The molecule has 16 rings (SSSR count). The average molecular weight is 1410 g/mol. The third-order valence-electron chi connectivity index (χ3n) is 17.1. The predicted molar refractivity (Wildman–Crippen MR) is 389 cm³/mol. The standard InChI is InChI=1S/C29H21N3O4.C27H22ClN3O4.C25H18FN3O4/c1-18-27-23(29(33)34)16-24(26-10-5-15-35-26)30-28(27)32(31-18)17-19-11-13-21(14-12-19)36-25-9-4-7-20-6-2-3-8-22(20)25;1-15-11-20(12-16(2)25(15)28)35-19-8-6-18(7-9-19)14-31-26-24(17(3)30-31)21(27(32)33)13-22(29-26)23-5-4-10-34-23;1-15-23-20(25(30)31)13-21(22-3-2-12-32-22)27-24(23)29(28-15)14-16-4-8-18(9-5-16)33-19-10-6-17(26)7-11-19/h2-16H,17H2,1H3,(H,33,34);4-13H,14H2,1-3H3,(H,32,33);2-13H,14H2,1H3,(H,30,31). The molecule has 9 heterocycles. The van der Waals surface area contributed by atoms with Crippen LogP contribution in [0.1, 0.15) is 76.0 Å². The Morgan fingerprint density at radius 2 is 0.760 bits per heavy atom. The molecular formula is C81H61ClFN9O12. The molecular weight excluding hydrogens is 1350 g/mol. The van der Waals surface area contributed by atoms with Crippen LogP contribution in [0.4, 0.5) is 4.39 Å². The summed E-state index contributed by atoms with van der Waals surface area (Å²) < 4.78 is 52.4. The van der Waals surface area contributed by atoms with Crippen molar-refractivity contribution < 1.29 is 61.6 Å². The van der Waals surface area contributed by atoms with Crippen LogP contribution >= 0.6 is 11.6 Å². The first-order valence-electron chi connectivity index (χ1n) is 32.6. The number of aromatic carboxylic acids is 3. The molecule has 516 valence electrons. The molecule has 21 nitrogen and oxygen atoms in total. The van der Waals surface area contributed by atoms with Crippen molar-refractivity contribution in [3.05, 3.63) is 297 Å². The number of fused-ring (bicyclic) bond motifs is 4. The summed E-state index contributed by atoms with van der Waals surface area (Å²) in [5.41, 5.74) is 9.75. The number of aryl methyl sites for hydroxylation is 5. The average Bonchev–Trinajstić information content (AvgIpc) is 1.62. The van der Waals surface area contributed by atoms with E-state index in [1.54, 1.807) is 83.3 Å². The van der Waals surface area contributed by atoms with Crippen LogP contribution in [0.2, 0.25) is 5.02 Å². The van der Waals surface area contributed by atoms with Gasteiger partial charge in [-0.1, -0.05) is 84.4 Å². The molecule has 0 bridgehead atoms. The first kappa shape index (κ1) is 67.7. The molecule has 0 aliphatic carbocycles. The zero-order chi connectivity index (χ0) is 72.3. The second-order valence-corrected chi connectivity index (χ2v) is 24.8. The Hall–Kier alpha value is -13.5. The summed E-state index contributed by atoms with van der Waals surface area (Å²) in [5, 5.41) is 47.6. The lowest BCUT2D eigenvalue weighted by molar-refractivity contribution is 0.0688. The molecule has 9 aromatic heterocycles. The van der Waals surface area contributed by atoms with Crippen molar-refractivity contribution in [3.63, 3.8) is 0 Å². The Balaban J connectivity index is 0.000000132. The highest BCUT2D eigenvalue weighted by Gasteiger charge is 2.25. The number of furan rings is 3. The van der Waals surface area contributed by atoms with Gasteiger partial charge in [-0.3, -0.25) is 0 Å². The van der Waals surface area contributed by atoms with Gasteiger partial charge < -0.3 is 42.8 Å². The lowest BCUT2D eigenvalue weighted by Crippen LogP contribution is -2.05. The van der Waals surface area contributed by atoms with E-state index in [2.05, 4.69) is 37.4 Å². The van der Waals surface area contributed by atoms with Crippen molar-refractivity contribution in [2.24, 2.45) is 0 Å². The molecule has 16 aromatic rings. The van der Waals surface area contributed by atoms with Gasteiger partial charge in [0, 0.05) is 10.4 Å². The molecule has 0 saturated carbocycles. The monoisotopic (exact) mass is 1410 g/mol. The first-order valence-corrected chi connectivity index (χ1v) is 33.0. The SMILES string of the molecule is Cc1cc(Oc2ccc(Cn3nc(C)c4c(C(=O)O)cc(-c5ccco5)nc43)cc2)cc(C)c1Cl.Cc1nn(Cc2ccc(Oc3ccc(F)cc3)cc2)c2nc(-c3ccco3)cc(C(=O)O)c12.Cc1nn(Cc2ccc(Oc3cccc4ccccc34)cc2)c2nc(-c3ccco3)cc(C(=O)O)c12. The van der Waals surface area contributed by atoms with Crippen molar-refractivity contribution >= 4 is 73.4 Å². The largest absolute Gasteiger partial charge is 0.478 e. The number of carboxylic acid groups (broad SMARTS) is 3. The first-order chi connectivity index (χ1) is 50.3. The lowest BCUT2D eigenvalue weighted by Gasteiger charge is -2.10. The Morgan fingerprint density at radius 3 is 1.12 bits per heavy atom. The highest BCUT2D eigenvalue weighted by Crippen LogP contribution is 2.36. The van der Waals surface area contributed by atoms with E-state index in [1.165, 1.54) is 49.1 Å². The van der Waals surface area contributed by atoms with Crippen LogP contribution in [0.25, 0.3) is 78.2 Å². The Kier molecular flexibility index (Phi) is 18.9. The number of hydrogen-bond acceptors (Lipinski definition) is 15. The van der Waals surface area contributed by atoms with E-state index < -0.39 is 17.9 Å². The summed E-state index contributed by atoms with van der Waals surface area (Å²) in [6, 6.07) is 61.5. The second kappa shape index (κ2) is 29.0. The minimum atomic E-state index is -1.06. The van der Waals surface area contributed by atoms with E-state index in [0.717, 1.165) is 60.9 Å². The molecule has 0 saturated heterocycles. The van der Waals surface area contributed by atoms with E-state index in [9.17, 15) is 34.1 Å². The van der Waals surface area contributed by atoms with Gasteiger partial charge in [0.25, 0.3) is 0 Å². The predicted octanol–water partition coefficient (Wildman–Crippen LogP) is 19.2. The smallest absolute Gasteiger partial charge is 0.336 e. The molecule has 23 heteroatoms. The van der Waals surface area contributed by atoms with Crippen molar-refractivity contribution in [1.29, 1.82) is 0 Å². The number of aromatic nitrogens is 9. The molecule has 0 aliphatic rings. The van der Waals surface area contributed by atoms with E-state index >= 15 is 0 Å². The molecule has 104 heavy (non-hydrogen) atoms. The molecule has 0 aliphatic heterocycles. The van der Waals surface area contributed by atoms with Gasteiger partial charge in [-0.05, 0) is 201 Å². The zero-order valence-electron chi connectivity index (χ0n) is 56.3. The fourth-order valence-electron chi connectivity index (χ4n) is 12.2. The molecule has 3 N–H and O–H groups in total. The van der Waals surface area contributed by atoms with Crippen LogP contribution in [0.3, 0.4) is 0 Å². The summed E-state index contributed by atoms with van der Waals surface area (Å²) in [4.78, 5) is 50.0. The fourth-order valence-corrected chi connectivity index (χ4v) is 12.3. The van der Waals surface area contributed by atoms with Gasteiger partial charge in [0.1, 0.15) is 57.4 Å². The van der Waals surface area contributed by atoms with Crippen LogP contribution < -0.4 is 14.2 Å². The summed E-state index contributed by atoms with van der Waals surface area (Å²) in [5.74, 6) is 2.11. The lowest BCUT2D eigenvalue weighted by atomic mass is 10.1. The van der Waals surface area contributed by atoms with Crippen molar-refractivity contribution in [3.8, 4) is 68.9 Å². The maximum atomic E-state index is 13.1. The fraction of sp³-hybridized carbons (Fsp3) is 0.0988. The molecule has 0 atom stereocenters. The number of hydrogen-bond donors (Lipinski definition) is 3. The van der Waals surface area contributed by atoms with Crippen molar-refractivity contribution in [2.75, 3.05) is 0 Å². The van der Waals surface area contributed by atoms with Gasteiger partial charge in [0.15, 0.2) is 34.2 Å². The van der Waals surface area contributed by atoms with Gasteiger partial charge in [-0.25, -0.2) is 47.8 Å². The molecule has 0 spiro atoms. The van der Waals surface area contributed by atoms with Crippen molar-refractivity contribution in [2.45, 2.75) is 54.3 Å². The molecule has 0 fully saturated rings. The van der Waals surface area contributed by atoms with Gasteiger partial charge in [-0.15, -0.1) is 0 Å². The molecule has 7 aromatic carbocycles. The Morgan fingerprint density at radius 1 is 0.413 bits per heavy atom. The van der Waals surface area contributed by atoms with E-state index in [1.807, 2.05) is 129 Å². The van der Waals surface area contributed by atoms with Gasteiger partial charge in [0.2, 0.25) is 0 Å². The van der Waals surface area contributed by atoms with E-state index in [-0.39, 0.29) is 22.5 Å². The van der Waals surface area contributed by atoms with Crippen LogP contribution in [0.5, 0.6) is 34.5 Å². The third-order valence-corrected chi connectivity index (χ3v) is 17.7. The number of carboxylic acids is 3.